The van der Waals surface area contributed by atoms with Crippen LogP contribution >= 0.6 is 0 Å². The minimum Gasteiger partial charge on any atom is -0.370 e. The molecule has 0 saturated heterocycles. The molecule has 0 saturated carbocycles. The van der Waals surface area contributed by atoms with Crippen molar-refractivity contribution >= 4 is 11.6 Å². The molecule has 0 fully saturated rings. The molecule has 1 aromatic carbocycles. The van der Waals surface area contributed by atoms with E-state index in [4.69, 9.17) is 0 Å². The summed E-state index contributed by atoms with van der Waals surface area (Å²) in [5.41, 5.74) is 1.33. The van der Waals surface area contributed by atoms with Gasteiger partial charge in [-0.2, -0.15) is 0 Å². The topological polar surface area (TPSA) is 49.8 Å². The number of nitrogens with one attached hydrogen (secondary N) is 2. The van der Waals surface area contributed by atoms with Gasteiger partial charge in [0.25, 0.3) is 0 Å². The first kappa shape index (κ1) is 15.3. The summed E-state index contributed by atoms with van der Waals surface area (Å²) in [5, 5.41) is 6.71. The number of benzene rings is 1. The van der Waals surface area contributed by atoms with Gasteiger partial charge in [0.2, 0.25) is 0 Å². The Kier molecular flexibility index (Phi) is 5.55. The van der Waals surface area contributed by atoms with Crippen LogP contribution < -0.4 is 10.6 Å². The molecule has 1 atom stereocenters. The fourth-order valence-corrected chi connectivity index (χ4v) is 2.16. The molecule has 0 aliphatic heterocycles. The first-order valence-electron chi connectivity index (χ1n) is 7.57. The highest BCUT2D eigenvalue weighted by molar-refractivity contribution is 5.47. The van der Waals surface area contributed by atoms with Crippen LogP contribution in [0.25, 0.3) is 0 Å². The van der Waals surface area contributed by atoms with E-state index in [2.05, 4.69) is 58.7 Å². The minimum atomic E-state index is 0.438. The number of rotatable bonds is 7. The number of hydrogen-bond acceptors (Lipinski definition) is 4. The van der Waals surface area contributed by atoms with Crippen LogP contribution in [0.3, 0.4) is 0 Å². The Labute approximate surface area is 127 Å². The molecule has 1 unspecified atom stereocenters. The molecule has 1 aromatic heterocycles. The van der Waals surface area contributed by atoms with Gasteiger partial charge in [-0.15, -0.1) is 0 Å². The largest absolute Gasteiger partial charge is 0.370 e. The van der Waals surface area contributed by atoms with Gasteiger partial charge in [-0.1, -0.05) is 44.2 Å². The molecule has 0 spiro atoms. The quantitative estimate of drug-likeness (QED) is 0.811. The standard InChI is InChI=1S/C17H24N4/c1-4-10-18-16-11-17(21-14(3)20-16)19-12-13(2)15-8-6-5-7-9-15/h5-9,11,13H,4,10,12H2,1-3H3,(H2,18,19,20,21). The average Bonchev–Trinajstić information content (AvgIpc) is 2.51. The second-order valence-corrected chi connectivity index (χ2v) is 5.31. The molecule has 2 rings (SSSR count). The van der Waals surface area contributed by atoms with Crippen molar-refractivity contribution < 1.29 is 0 Å². The number of hydrogen-bond donors (Lipinski definition) is 2. The van der Waals surface area contributed by atoms with Gasteiger partial charge in [-0.25, -0.2) is 9.97 Å². The molecular formula is C17H24N4. The van der Waals surface area contributed by atoms with E-state index in [0.717, 1.165) is 37.0 Å². The van der Waals surface area contributed by atoms with Crippen LogP contribution in [0.4, 0.5) is 11.6 Å². The predicted octanol–water partition coefficient (Wildman–Crippen LogP) is 3.82. The van der Waals surface area contributed by atoms with Crippen molar-refractivity contribution in [2.24, 2.45) is 0 Å². The fraction of sp³-hybridized carbons (Fsp3) is 0.412. The monoisotopic (exact) mass is 284 g/mol. The van der Waals surface area contributed by atoms with Crippen molar-refractivity contribution in [2.45, 2.75) is 33.1 Å². The van der Waals surface area contributed by atoms with Gasteiger partial charge in [0, 0.05) is 19.2 Å². The third-order valence-electron chi connectivity index (χ3n) is 3.35. The molecule has 21 heavy (non-hydrogen) atoms. The molecule has 2 aromatic rings. The molecule has 0 aliphatic rings. The van der Waals surface area contributed by atoms with Crippen LogP contribution in [0.2, 0.25) is 0 Å². The highest BCUT2D eigenvalue weighted by Crippen LogP contribution is 2.16. The lowest BCUT2D eigenvalue weighted by atomic mass is 10.0. The van der Waals surface area contributed by atoms with Gasteiger partial charge >= 0.3 is 0 Å². The number of aromatic nitrogens is 2. The van der Waals surface area contributed by atoms with Crippen LogP contribution in [0.5, 0.6) is 0 Å². The van der Waals surface area contributed by atoms with E-state index in [0.29, 0.717) is 5.92 Å². The van der Waals surface area contributed by atoms with E-state index in [1.54, 1.807) is 0 Å². The van der Waals surface area contributed by atoms with Gasteiger partial charge in [-0.3, -0.25) is 0 Å². The summed E-state index contributed by atoms with van der Waals surface area (Å²) in [5.74, 6) is 2.99. The Morgan fingerprint density at radius 3 is 2.38 bits per heavy atom. The highest BCUT2D eigenvalue weighted by atomic mass is 15.1. The zero-order valence-electron chi connectivity index (χ0n) is 13.1. The molecule has 4 heteroatoms. The average molecular weight is 284 g/mol. The van der Waals surface area contributed by atoms with Gasteiger partial charge < -0.3 is 10.6 Å². The molecule has 0 bridgehead atoms. The fourth-order valence-electron chi connectivity index (χ4n) is 2.16. The molecule has 2 N–H and O–H groups in total. The van der Waals surface area contributed by atoms with Crippen molar-refractivity contribution in [3.05, 3.63) is 47.8 Å². The Morgan fingerprint density at radius 2 is 1.71 bits per heavy atom. The summed E-state index contributed by atoms with van der Waals surface area (Å²) in [6, 6.07) is 12.5. The number of aryl methyl sites for hydroxylation is 1. The Morgan fingerprint density at radius 1 is 1.05 bits per heavy atom. The van der Waals surface area contributed by atoms with Gasteiger partial charge in [0.05, 0.1) is 0 Å². The summed E-state index contributed by atoms with van der Waals surface area (Å²) >= 11 is 0. The second kappa shape index (κ2) is 7.62. The maximum atomic E-state index is 4.45. The van der Waals surface area contributed by atoms with Crippen LogP contribution in [-0.4, -0.2) is 23.1 Å². The van der Waals surface area contributed by atoms with Gasteiger partial charge in [0.15, 0.2) is 0 Å². The van der Waals surface area contributed by atoms with Crippen LogP contribution in [0.1, 0.15) is 37.6 Å². The number of anilines is 2. The van der Waals surface area contributed by atoms with E-state index < -0.39 is 0 Å². The first-order valence-corrected chi connectivity index (χ1v) is 7.57. The number of nitrogens with zero attached hydrogens (tertiary/aromatic N) is 2. The predicted molar refractivity (Wildman–Crippen MR) is 88.9 cm³/mol. The Bertz CT molecular complexity index is 554. The summed E-state index contributed by atoms with van der Waals surface area (Å²) in [4.78, 5) is 8.84. The lowest BCUT2D eigenvalue weighted by Gasteiger charge is -2.14. The van der Waals surface area contributed by atoms with Gasteiger partial charge in [0.1, 0.15) is 17.5 Å². The molecule has 0 radical (unpaired) electrons. The molecule has 0 aliphatic carbocycles. The normalized spacial score (nSPS) is 12.0. The molecule has 4 nitrogen and oxygen atoms in total. The summed E-state index contributed by atoms with van der Waals surface area (Å²) in [6.45, 7) is 8.06. The van der Waals surface area contributed by atoms with Crippen molar-refractivity contribution in [3.63, 3.8) is 0 Å². The zero-order chi connectivity index (χ0) is 15.1. The summed E-state index contributed by atoms with van der Waals surface area (Å²) in [7, 11) is 0. The van der Waals surface area contributed by atoms with E-state index in [-0.39, 0.29) is 0 Å². The van der Waals surface area contributed by atoms with Crippen LogP contribution in [0.15, 0.2) is 36.4 Å². The first-order chi connectivity index (χ1) is 10.2. The Hall–Kier alpha value is -2.10. The van der Waals surface area contributed by atoms with Crippen molar-refractivity contribution in [3.8, 4) is 0 Å². The SMILES string of the molecule is CCCNc1cc(NCC(C)c2ccccc2)nc(C)n1. The summed E-state index contributed by atoms with van der Waals surface area (Å²) < 4.78 is 0. The van der Waals surface area contributed by atoms with Crippen LogP contribution in [0, 0.1) is 6.92 Å². The van der Waals surface area contributed by atoms with Crippen molar-refractivity contribution in [2.75, 3.05) is 23.7 Å². The lowest BCUT2D eigenvalue weighted by molar-refractivity contribution is 0.799. The highest BCUT2D eigenvalue weighted by Gasteiger charge is 2.06. The Balaban J connectivity index is 1.97. The van der Waals surface area contributed by atoms with Gasteiger partial charge in [-0.05, 0) is 24.8 Å². The maximum Gasteiger partial charge on any atom is 0.131 e. The smallest absolute Gasteiger partial charge is 0.131 e. The second-order valence-electron chi connectivity index (χ2n) is 5.31. The summed E-state index contributed by atoms with van der Waals surface area (Å²) in [6.07, 6.45) is 1.08. The van der Waals surface area contributed by atoms with E-state index in [9.17, 15) is 0 Å². The molecule has 0 amide bonds. The minimum absolute atomic E-state index is 0.438. The van der Waals surface area contributed by atoms with Crippen molar-refractivity contribution in [1.29, 1.82) is 0 Å². The zero-order valence-corrected chi connectivity index (χ0v) is 13.1. The van der Waals surface area contributed by atoms with E-state index in [1.165, 1.54) is 5.56 Å². The molecule has 112 valence electrons. The molecule has 1 heterocycles. The third kappa shape index (κ3) is 4.74. The molecular weight excluding hydrogens is 260 g/mol. The van der Waals surface area contributed by atoms with Crippen molar-refractivity contribution in [1.82, 2.24) is 9.97 Å². The van der Waals surface area contributed by atoms with Crippen LogP contribution in [-0.2, 0) is 0 Å². The van der Waals surface area contributed by atoms with E-state index in [1.807, 2.05) is 19.1 Å². The third-order valence-corrected chi connectivity index (χ3v) is 3.35. The lowest BCUT2D eigenvalue weighted by Crippen LogP contribution is -2.12. The maximum absolute atomic E-state index is 4.45. The van der Waals surface area contributed by atoms with E-state index >= 15 is 0 Å².